The van der Waals surface area contributed by atoms with E-state index in [-0.39, 0.29) is 12.0 Å². The largest absolute Gasteiger partial charge is 0.494 e. The number of piperidine rings is 1. The number of nitrogens with zero attached hydrogens (tertiary/aromatic N) is 1. The van der Waals surface area contributed by atoms with Crippen molar-refractivity contribution in [2.24, 2.45) is 5.92 Å². The molecule has 1 saturated heterocycles. The Hall–Kier alpha value is -2.33. The second-order valence-electron chi connectivity index (χ2n) is 6.99. The minimum absolute atomic E-state index is 0.0627. The maximum atomic E-state index is 11.5. The molecule has 2 aromatic carbocycles. The van der Waals surface area contributed by atoms with Crippen LogP contribution in [0, 0.1) is 12.8 Å². The minimum atomic E-state index is -0.690. The van der Waals surface area contributed by atoms with Gasteiger partial charge in [0.05, 0.1) is 18.6 Å². The summed E-state index contributed by atoms with van der Waals surface area (Å²) in [5.41, 5.74) is 3.59. The Morgan fingerprint density at radius 2 is 2.00 bits per heavy atom. The third kappa shape index (κ3) is 4.25. The molecule has 2 atom stereocenters. The lowest BCUT2D eigenvalue weighted by Crippen LogP contribution is -2.41. The van der Waals surface area contributed by atoms with Crippen LogP contribution in [0.1, 0.15) is 42.5 Å². The molecule has 138 valence electrons. The molecule has 0 saturated carbocycles. The van der Waals surface area contributed by atoms with Crippen LogP contribution >= 0.6 is 0 Å². The molecule has 0 spiro atoms. The molecule has 0 aromatic heterocycles. The number of likely N-dealkylation sites (tertiary alicyclic amines) is 1. The maximum Gasteiger partial charge on any atom is 0.307 e. The van der Waals surface area contributed by atoms with Crippen molar-refractivity contribution >= 4 is 5.97 Å². The van der Waals surface area contributed by atoms with Crippen molar-refractivity contribution in [1.82, 2.24) is 4.90 Å². The third-order valence-corrected chi connectivity index (χ3v) is 5.03. The van der Waals surface area contributed by atoms with Gasteiger partial charge in [-0.15, -0.1) is 0 Å². The zero-order valence-corrected chi connectivity index (χ0v) is 15.5. The van der Waals surface area contributed by atoms with E-state index < -0.39 is 5.97 Å². The van der Waals surface area contributed by atoms with Gasteiger partial charge in [0.15, 0.2) is 0 Å². The molecule has 0 aliphatic carbocycles. The summed E-state index contributed by atoms with van der Waals surface area (Å²) in [6.45, 7) is 6.21. The Labute approximate surface area is 155 Å². The number of ether oxygens (including phenoxy) is 1. The van der Waals surface area contributed by atoms with Crippen molar-refractivity contribution in [1.29, 1.82) is 0 Å². The Balaban J connectivity index is 1.95. The number of carboxylic acids is 1. The van der Waals surface area contributed by atoms with Crippen molar-refractivity contribution < 1.29 is 14.6 Å². The monoisotopic (exact) mass is 353 g/mol. The number of aryl methyl sites for hydroxylation is 1. The van der Waals surface area contributed by atoms with Crippen LogP contribution in [0.3, 0.4) is 0 Å². The summed E-state index contributed by atoms with van der Waals surface area (Å²) in [5, 5.41) is 9.48. The van der Waals surface area contributed by atoms with Crippen LogP contribution in [0.25, 0.3) is 0 Å². The number of benzene rings is 2. The first kappa shape index (κ1) is 18.5. The van der Waals surface area contributed by atoms with Gasteiger partial charge in [-0.2, -0.15) is 0 Å². The highest BCUT2D eigenvalue weighted by atomic mass is 16.5. The topological polar surface area (TPSA) is 49.8 Å². The summed E-state index contributed by atoms with van der Waals surface area (Å²) >= 11 is 0. The summed E-state index contributed by atoms with van der Waals surface area (Å²) < 4.78 is 5.57. The molecule has 1 fully saturated rings. The number of hydrogen-bond donors (Lipinski definition) is 1. The number of rotatable bonds is 6. The van der Waals surface area contributed by atoms with E-state index in [1.807, 2.05) is 19.1 Å². The molecule has 4 heteroatoms. The maximum absolute atomic E-state index is 11.5. The van der Waals surface area contributed by atoms with Gasteiger partial charge in [0.1, 0.15) is 5.75 Å². The Bertz CT molecular complexity index is 741. The molecule has 0 bridgehead atoms. The van der Waals surface area contributed by atoms with Gasteiger partial charge in [0.2, 0.25) is 0 Å². The van der Waals surface area contributed by atoms with E-state index >= 15 is 0 Å². The Morgan fingerprint density at radius 1 is 1.23 bits per heavy atom. The third-order valence-electron chi connectivity index (χ3n) is 5.03. The van der Waals surface area contributed by atoms with Gasteiger partial charge in [-0.05, 0) is 56.5 Å². The van der Waals surface area contributed by atoms with Crippen LogP contribution in [0.5, 0.6) is 5.75 Å². The highest BCUT2D eigenvalue weighted by Crippen LogP contribution is 2.33. The minimum Gasteiger partial charge on any atom is -0.494 e. The summed E-state index contributed by atoms with van der Waals surface area (Å²) in [5.74, 6) is -0.121. The molecule has 26 heavy (non-hydrogen) atoms. The van der Waals surface area contributed by atoms with E-state index in [2.05, 4.69) is 48.2 Å². The normalized spacial score (nSPS) is 19.1. The highest BCUT2D eigenvalue weighted by Gasteiger charge is 2.31. The number of carbonyl (C=O) groups is 1. The lowest BCUT2D eigenvalue weighted by atomic mass is 9.91. The van der Waals surface area contributed by atoms with Gasteiger partial charge in [0, 0.05) is 6.54 Å². The molecule has 3 rings (SSSR count). The second-order valence-corrected chi connectivity index (χ2v) is 6.99. The van der Waals surface area contributed by atoms with E-state index in [0.29, 0.717) is 13.2 Å². The van der Waals surface area contributed by atoms with Crippen LogP contribution in [0.2, 0.25) is 0 Å². The average molecular weight is 353 g/mol. The van der Waals surface area contributed by atoms with Gasteiger partial charge in [-0.1, -0.05) is 42.0 Å². The summed E-state index contributed by atoms with van der Waals surface area (Å²) in [4.78, 5) is 13.8. The smallest absolute Gasteiger partial charge is 0.307 e. The average Bonchev–Trinajstić information content (AvgIpc) is 2.64. The quantitative estimate of drug-likeness (QED) is 0.842. The number of hydrogen-bond acceptors (Lipinski definition) is 3. The predicted molar refractivity (Wildman–Crippen MR) is 103 cm³/mol. The molecule has 0 radical (unpaired) electrons. The van der Waals surface area contributed by atoms with Crippen molar-refractivity contribution in [3.05, 3.63) is 65.2 Å². The van der Waals surface area contributed by atoms with Gasteiger partial charge in [-0.25, -0.2) is 0 Å². The molecular weight excluding hydrogens is 326 g/mol. The van der Waals surface area contributed by atoms with Gasteiger partial charge in [-0.3, -0.25) is 9.69 Å². The Morgan fingerprint density at radius 3 is 2.65 bits per heavy atom. The van der Waals surface area contributed by atoms with Crippen molar-refractivity contribution in [2.75, 3.05) is 19.7 Å². The van der Waals surface area contributed by atoms with Crippen LogP contribution in [0.15, 0.2) is 48.5 Å². The molecule has 1 aliphatic heterocycles. The summed E-state index contributed by atoms with van der Waals surface area (Å²) in [6.07, 6.45) is 1.67. The lowest BCUT2D eigenvalue weighted by molar-refractivity contribution is -0.143. The van der Waals surface area contributed by atoms with E-state index in [1.165, 1.54) is 16.7 Å². The fraction of sp³-hybridized carbons (Fsp3) is 0.409. The molecular formula is C22H27NO3. The molecule has 1 aliphatic rings. The van der Waals surface area contributed by atoms with Crippen molar-refractivity contribution in [3.63, 3.8) is 0 Å². The SMILES string of the molecule is CCOc1ccc(C(c2cccc(C)c2)N2CCCC(C(=O)O)C2)cc1. The Kier molecular flexibility index (Phi) is 5.94. The highest BCUT2D eigenvalue weighted by molar-refractivity contribution is 5.70. The van der Waals surface area contributed by atoms with Gasteiger partial charge in [0.25, 0.3) is 0 Å². The zero-order valence-electron chi connectivity index (χ0n) is 15.5. The van der Waals surface area contributed by atoms with Gasteiger partial charge >= 0.3 is 5.97 Å². The lowest BCUT2D eigenvalue weighted by Gasteiger charge is -2.37. The number of aliphatic carboxylic acids is 1. The summed E-state index contributed by atoms with van der Waals surface area (Å²) in [6, 6.07) is 16.8. The van der Waals surface area contributed by atoms with Crippen LogP contribution in [-0.2, 0) is 4.79 Å². The summed E-state index contributed by atoms with van der Waals surface area (Å²) in [7, 11) is 0. The van der Waals surface area contributed by atoms with Crippen molar-refractivity contribution in [3.8, 4) is 5.75 Å². The first-order chi connectivity index (χ1) is 12.6. The molecule has 0 amide bonds. The fourth-order valence-corrected chi connectivity index (χ4v) is 3.81. The van der Waals surface area contributed by atoms with Crippen LogP contribution < -0.4 is 4.74 Å². The van der Waals surface area contributed by atoms with E-state index in [9.17, 15) is 9.90 Å². The first-order valence-electron chi connectivity index (χ1n) is 9.34. The van der Waals surface area contributed by atoms with E-state index in [1.54, 1.807) is 0 Å². The van der Waals surface area contributed by atoms with Crippen molar-refractivity contribution in [2.45, 2.75) is 32.7 Å². The zero-order chi connectivity index (χ0) is 18.5. The van der Waals surface area contributed by atoms with E-state index in [0.717, 1.165) is 25.1 Å². The molecule has 1 heterocycles. The predicted octanol–water partition coefficient (Wildman–Crippen LogP) is 4.28. The molecule has 2 aromatic rings. The van der Waals surface area contributed by atoms with Gasteiger partial charge < -0.3 is 9.84 Å². The molecule has 4 nitrogen and oxygen atoms in total. The second kappa shape index (κ2) is 8.37. The van der Waals surface area contributed by atoms with E-state index in [4.69, 9.17) is 4.74 Å². The number of carboxylic acid groups (broad SMARTS) is 1. The standard InChI is InChI=1S/C22H27NO3/c1-3-26-20-11-9-17(10-12-20)21(18-7-4-6-16(2)14-18)23-13-5-8-19(15-23)22(24)25/h4,6-7,9-12,14,19,21H,3,5,8,13,15H2,1-2H3,(H,24,25). The molecule has 2 unspecified atom stereocenters. The molecule has 1 N–H and O–H groups in total. The van der Waals surface area contributed by atoms with Crippen LogP contribution in [0.4, 0.5) is 0 Å². The fourth-order valence-electron chi connectivity index (χ4n) is 3.81. The first-order valence-corrected chi connectivity index (χ1v) is 9.34. The van der Waals surface area contributed by atoms with Crippen LogP contribution in [-0.4, -0.2) is 35.7 Å².